The van der Waals surface area contributed by atoms with E-state index in [1.54, 1.807) is 17.4 Å². The average Bonchev–Trinajstić information content (AvgIpc) is 3.15. The smallest absolute Gasteiger partial charge is 0.184 e. The first kappa shape index (κ1) is 19.1. The van der Waals surface area contributed by atoms with E-state index in [2.05, 4.69) is 10.3 Å². The summed E-state index contributed by atoms with van der Waals surface area (Å²) in [6.45, 7) is 0.330. The van der Waals surface area contributed by atoms with Gasteiger partial charge in [-0.15, -0.1) is 0 Å². The standard InChI is InChI=1S/C22H18F2N2O2S/c1-27-20-11-14(12-25-22-26-18-7-2-3-8-21(18)29-22)9-10-19(20)28-13-15-16(23)5-4-6-17(15)24/h2-11H,12-13H2,1H3,(H,25,26). The van der Waals surface area contributed by atoms with Crippen molar-refractivity contribution in [1.82, 2.24) is 4.98 Å². The van der Waals surface area contributed by atoms with Gasteiger partial charge in [-0.1, -0.05) is 35.6 Å². The third kappa shape index (κ3) is 4.30. The molecule has 1 heterocycles. The van der Waals surface area contributed by atoms with Crippen LogP contribution in [0.3, 0.4) is 0 Å². The second-order valence-corrected chi connectivity index (χ2v) is 7.35. The summed E-state index contributed by atoms with van der Waals surface area (Å²) >= 11 is 1.59. The summed E-state index contributed by atoms with van der Waals surface area (Å²) in [5, 5.41) is 4.14. The number of hydrogen-bond acceptors (Lipinski definition) is 5. The summed E-state index contributed by atoms with van der Waals surface area (Å²) in [6, 6.07) is 17.1. The molecule has 0 radical (unpaired) electrons. The molecule has 0 unspecified atom stereocenters. The number of benzene rings is 3. The highest BCUT2D eigenvalue weighted by Crippen LogP contribution is 2.30. The Balaban J connectivity index is 1.44. The zero-order valence-corrected chi connectivity index (χ0v) is 16.4. The Morgan fingerprint density at radius 1 is 0.966 bits per heavy atom. The molecule has 4 nitrogen and oxygen atoms in total. The van der Waals surface area contributed by atoms with Crippen molar-refractivity contribution in [2.75, 3.05) is 12.4 Å². The van der Waals surface area contributed by atoms with Gasteiger partial charge in [0.25, 0.3) is 0 Å². The molecule has 1 aromatic heterocycles. The lowest BCUT2D eigenvalue weighted by Crippen LogP contribution is -2.04. The molecule has 29 heavy (non-hydrogen) atoms. The molecule has 0 spiro atoms. The third-order valence-corrected chi connectivity index (χ3v) is 5.39. The molecule has 0 saturated heterocycles. The lowest BCUT2D eigenvalue weighted by molar-refractivity contribution is 0.274. The first-order valence-electron chi connectivity index (χ1n) is 8.96. The van der Waals surface area contributed by atoms with Gasteiger partial charge in [-0.25, -0.2) is 13.8 Å². The van der Waals surface area contributed by atoms with Gasteiger partial charge in [-0.3, -0.25) is 0 Å². The Bertz CT molecular complexity index is 1090. The van der Waals surface area contributed by atoms with E-state index < -0.39 is 11.6 Å². The molecule has 0 saturated carbocycles. The zero-order valence-electron chi connectivity index (χ0n) is 15.6. The second kappa shape index (κ2) is 8.45. The van der Waals surface area contributed by atoms with Gasteiger partial charge in [-0.2, -0.15) is 0 Å². The van der Waals surface area contributed by atoms with Crippen LogP contribution in [0.4, 0.5) is 13.9 Å². The molecule has 148 valence electrons. The maximum absolute atomic E-state index is 13.8. The van der Waals surface area contributed by atoms with Crippen LogP contribution in [-0.2, 0) is 13.2 Å². The van der Waals surface area contributed by atoms with Crippen molar-refractivity contribution in [1.29, 1.82) is 0 Å². The van der Waals surface area contributed by atoms with Crippen LogP contribution in [0.5, 0.6) is 11.5 Å². The molecule has 0 bridgehead atoms. The summed E-state index contributed by atoms with van der Waals surface area (Å²) in [6.07, 6.45) is 0. The van der Waals surface area contributed by atoms with E-state index >= 15 is 0 Å². The largest absolute Gasteiger partial charge is 0.493 e. The number of fused-ring (bicyclic) bond motifs is 1. The minimum atomic E-state index is -0.638. The molecular weight excluding hydrogens is 394 g/mol. The minimum Gasteiger partial charge on any atom is -0.493 e. The van der Waals surface area contributed by atoms with E-state index in [1.807, 2.05) is 36.4 Å². The molecule has 4 aromatic rings. The fourth-order valence-corrected chi connectivity index (χ4v) is 3.75. The molecule has 0 fully saturated rings. The first-order valence-corrected chi connectivity index (χ1v) is 9.78. The fourth-order valence-electron chi connectivity index (χ4n) is 2.89. The summed E-state index contributed by atoms with van der Waals surface area (Å²) in [5.41, 5.74) is 1.81. The number of thiazole rings is 1. The van der Waals surface area contributed by atoms with Gasteiger partial charge in [0.2, 0.25) is 0 Å². The number of para-hydroxylation sites is 1. The van der Waals surface area contributed by atoms with Gasteiger partial charge in [0.15, 0.2) is 16.6 Å². The van der Waals surface area contributed by atoms with E-state index in [-0.39, 0.29) is 12.2 Å². The molecule has 7 heteroatoms. The van der Waals surface area contributed by atoms with Gasteiger partial charge >= 0.3 is 0 Å². The van der Waals surface area contributed by atoms with E-state index in [0.717, 1.165) is 20.9 Å². The van der Waals surface area contributed by atoms with Crippen LogP contribution in [0.25, 0.3) is 10.2 Å². The highest BCUT2D eigenvalue weighted by atomic mass is 32.1. The van der Waals surface area contributed by atoms with Gasteiger partial charge in [0, 0.05) is 6.54 Å². The summed E-state index contributed by atoms with van der Waals surface area (Å²) in [4.78, 5) is 4.55. The predicted molar refractivity (Wildman–Crippen MR) is 111 cm³/mol. The van der Waals surface area contributed by atoms with Crippen molar-refractivity contribution in [2.24, 2.45) is 0 Å². The van der Waals surface area contributed by atoms with Gasteiger partial charge in [0.1, 0.15) is 18.2 Å². The monoisotopic (exact) mass is 412 g/mol. The molecule has 0 aliphatic heterocycles. The van der Waals surface area contributed by atoms with Crippen LogP contribution in [0, 0.1) is 11.6 Å². The van der Waals surface area contributed by atoms with Crippen molar-refractivity contribution in [2.45, 2.75) is 13.2 Å². The number of aromatic nitrogens is 1. The molecule has 4 rings (SSSR count). The Kier molecular flexibility index (Phi) is 5.57. The molecule has 1 N–H and O–H groups in total. The summed E-state index contributed by atoms with van der Waals surface area (Å²) < 4.78 is 39.6. The Hall–Kier alpha value is -3.19. The normalized spacial score (nSPS) is 10.9. The minimum absolute atomic E-state index is 0.115. The van der Waals surface area contributed by atoms with Crippen LogP contribution >= 0.6 is 11.3 Å². The zero-order chi connectivity index (χ0) is 20.2. The lowest BCUT2D eigenvalue weighted by atomic mass is 10.2. The van der Waals surface area contributed by atoms with Gasteiger partial charge in [0.05, 0.1) is 22.9 Å². The van der Waals surface area contributed by atoms with Crippen LogP contribution in [0.15, 0.2) is 60.7 Å². The highest BCUT2D eigenvalue weighted by molar-refractivity contribution is 7.22. The second-order valence-electron chi connectivity index (χ2n) is 6.31. The number of nitrogens with zero attached hydrogens (tertiary/aromatic N) is 1. The molecule has 0 atom stereocenters. The van der Waals surface area contributed by atoms with Crippen LogP contribution in [0.2, 0.25) is 0 Å². The molecule has 3 aromatic carbocycles. The van der Waals surface area contributed by atoms with Gasteiger partial charge < -0.3 is 14.8 Å². The Labute approximate surface area is 170 Å². The van der Waals surface area contributed by atoms with E-state index in [0.29, 0.717) is 18.0 Å². The van der Waals surface area contributed by atoms with Crippen molar-refractivity contribution in [3.63, 3.8) is 0 Å². The van der Waals surface area contributed by atoms with E-state index in [9.17, 15) is 8.78 Å². The van der Waals surface area contributed by atoms with Crippen molar-refractivity contribution < 1.29 is 18.3 Å². The summed E-state index contributed by atoms with van der Waals surface area (Å²) in [7, 11) is 1.52. The van der Waals surface area contributed by atoms with Crippen LogP contribution in [0.1, 0.15) is 11.1 Å². The van der Waals surface area contributed by atoms with Crippen molar-refractivity contribution >= 4 is 26.7 Å². The third-order valence-electron chi connectivity index (χ3n) is 4.40. The number of hydrogen-bond donors (Lipinski definition) is 1. The van der Waals surface area contributed by atoms with Crippen molar-refractivity contribution in [3.05, 3.63) is 83.4 Å². The average molecular weight is 412 g/mol. The van der Waals surface area contributed by atoms with E-state index in [1.165, 1.54) is 25.3 Å². The predicted octanol–water partition coefficient (Wildman–Crippen LogP) is 5.77. The number of anilines is 1. The molecular formula is C22H18F2N2O2S. The van der Waals surface area contributed by atoms with Crippen LogP contribution in [-0.4, -0.2) is 12.1 Å². The number of halogens is 2. The number of ether oxygens (including phenoxy) is 2. The van der Waals surface area contributed by atoms with Crippen LogP contribution < -0.4 is 14.8 Å². The van der Waals surface area contributed by atoms with Crippen molar-refractivity contribution in [3.8, 4) is 11.5 Å². The number of rotatable bonds is 7. The highest BCUT2D eigenvalue weighted by Gasteiger charge is 2.12. The quantitative estimate of drug-likeness (QED) is 0.418. The Morgan fingerprint density at radius 2 is 1.76 bits per heavy atom. The number of nitrogens with one attached hydrogen (secondary N) is 1. The summed E-state index contributed by atoms with van der Waals surface area (Å²) in [5.74, 6) is -0.370. The number of methoxy groups -OCH3 is 1. The fraction of sp³-hybridized carbons (Fsp3) is 0.136. The molecule has 0 aliphatic carbocycles. The lowest BCUT2D eigenvalue weighted by Gasteiger charge is -2.13. The first-order chi connectivity index (χ1) is 14.1. The maximum Gasteiger partial charge on any atom is 0.184 e. The molecule has 0 aliphatic rings. The molecule has 0 amide bonds. The van der Waals surface area contributed by atoms with Gasteiger partial charge in [-0.05, 0) is 42.0 Å². The maximum atomic E-state index is 13.8. The van der Waals surface area contributed by atoms with E-state index in [4.69, 9.17) is 9.47 Å². The SMILES string of the molecule is COc1cc(CNc2nc3ccccc3s2)ccc1OCc1c(F)cccc1F. The Morgan fingerprint density at radius 3 is 2.52 bits per heavy atom. The topological polar surface area (TPSA) is 43.4 Å².